The summed E-state index contributed by atoms with van der Waals surface area (Å²) in [4.78, 5) is 8.35. The first kappa shape index (κ1) is 5.94. The third-order valence-electron chi connectivity index (χ3n) is 0.292. The van der Waals surface area contributed by atoms with Gasteiger partial charge >= 0.3 is 8.05 Å². The summed E-state index contributed by atoms with van der Waals surface area (Å²) >= 11 is 0. The van der Waals surface area contributed by atoms with E-state index in [2.05, 4.69) is 9.69 Å². The van der Waals surface area contributed by atoms with Crippen LogP contribution in [0, 0.1) is 0 Å². The van der Waals surface area contributed by atoms with Crippen LogP contribution in [0.4, 0.5) is 0 Å². The highest BCUT2D eigenvalue weighted by atomic mass is 17.2. The first-order chi connectivity index (χ1) is 2.91. The molecule has 0 aromatic carbocycles. The van der Waals surface area contributed by atoms with Gasteiger partial charge < -0.3 is 9.91 Å². The fraction of sp³-hybridized carbons (Fsp3) is 1.00. The van der Waals surface area contributed by atoms with E-state index in [-0.39, 0.29) is 13.2 Å². The van der Waals surface area contributed by atoms with Crippen molar-refractivity contribution in [3.63, 3.8) is 0 Å². The molecule has 0 spiro atoms. The molecule has 0 radical (unpaired) electrons. The van der Waals surface area contributed by atoms with E-state index in [9.17, 15) is 0 Å². The summed E-state index contributed by atoms with van der Waals surface area (Å²) in [5.41, 5.74) is 0. The van der Waals surface area contributed by atoms with E-state index in [0.29, 0.717) is 0 Å². The molecule has 0 rings (SSSR count). The molecule has 0 aliphatic carbocycles. The molecule has 0 aromatic rings. The SMILES string of the molecule is BOOCCO. The van der Waals surface area contributed by atoms with Gasteiger partial charge in [0.1, 0.15) is 6.61 Å². The van der Waals surface area contributed by atoms with Crippen molar-refractivity contribution < 1.29 is 14.8 Å². The van der Waals surface area contributed by atoms with Gasteiger partial charge in [-0.2, -0.15) is 0 Å². The fourth-order valence-electron chi connectivity index (χ4n) is 0.121. The standard InChI is InChI=1S/C2H7BO3/c3-6-5-2-1-4/h4H,1-3H2. The van der Waals surface area contributed by atoms with Crippen LogP contribution in [0.25, 0.3) is 0 Å². The van der Waals surface area contributed by atoms with Gasteiger partial charge in [0.2, 0.25) is 0 Å². The lowest BCUT2D eigenvalue weighted by atomic mass is 10.6. The van der Waals surface area contributed by atoms with E-state index in [1.807, 2.05) is 0 Å². The fourth-order valence-corrected chi connectivity index (χ4v) is 0.121. The molecular formula is C2H7BO3. The van der Waals surface area contributed by atoms with Crippen molar-refractivity contribution in [3.8, 4) is 0 Å². The maximum absolute atomic E-state index is 7.99. The number of aliphatic hydroxyl groups excluding tert-OH is 1. The lowest BCUT2D eigenvalue weighted by Gasteiger charge is -1.91. The second-order valence-corrected chi connectivity index (χ2v) is 0.712. The molecule has 0 aromatic heterocycles. The average molecular weight is 89.9 g/mol. The van der Waals surface area contributed by atoms with Gasteiger partial charge in [0, 0.05) is 0 Å². The molecule has 0 unspecified atom stereocenters. The van der Waals surface area contributed by atoms with Crippen molar-refractivity contribution in [2.45, 2.75) is 0 Å². The quantitative estimate of drug-likeness (QED) is 0.198. The van der Waals surface area contributed by atoms with Crippen LogP contribution in [-0.2, 0) is 9.69 Å². The van der Waals surface area contributed by atoms with Crippen LogP contribution in [0.1, 0.15) is 0 Å². The van der Waals surface area contributed by atoms with Crippen LogP contribution < -0.4 is 0 Å². The van der Waals surface area contributed by atoms with Gasteiger partial charge in [0.15, 0.2) is 0 Å². The Bertz CT molecular complexity index is 20.8. The maximum atomic E-state index is 7.99. The zero-order chi connectivity index (χ0) is 4.83. The molecule has 0 saturated heterocycles. The van der Waals surface area contributed by atoms with Gasteiger partial charge in [-0.1, -0.05) is 0 Å². The van der Waals surface area contributed by atoms with E-state index >= 15 is 0 Å². The van der Waals surface area contributed by atoms with Gasteiger partial charge in [0.05, 0.1) is 6.61 Å². The van der Waals surface area contributed by atoms with E-state index in [1.165, 1.54) is 8.05 Å². The van der Waals surface area contributed by atoms with Crippen molar-refractivity contribution >= 4 is 8.05 Å². The maximum Gasteiger partial charge on any atom is 0.306 e. The molecule has 36 valence electrons. The summed E-state index contributed by atoms with van der Waals surface area (Å²) in [5.74, 6) is 0. The third kappa shape index (κ3) is 3.94. The highest BCUT2D eigenvalue weighted by Gasteiger charge is 1.74. The molecular weight excluding hydrogens is 82.8 g/mol. The van der Waals surface area contributed by atoms with Crippen LogP contribution in [-0.4, -0.2) is 26.4 Å². The Hall–Kier alpha value is -0.0551. The largest absolute Gasteiger partial charge is 0.394 e. The van der Waals surface area contributed by atoms with E-state index in [4.69, 9.17) is 5.11 Å². The number of hydrogen-bond acceptors (Lipinski definition) is 3. The summed E-state index contributed by atoms with van der Waals surface area (Å²) < 4.78 is 0. The van der Waals surface area contributed by atoms with Gasteiger partial charge in [-0.15, -0.1) is 0 Å². The van der Waals surface area contributed by atoms with Crippen molar-refractivity contribution in [2.75, 3.05) is 13.2 Å². The monoisotopic (exact) mass is 90.0 g/mol. The molecule has 0 atom stereocenters. The summed E-state index contributed by atoms with van der Waals surface area (Å²) in [7, 11) is 1.40. The molecule has 1 N–H and O–H groups in total. The van der Waals surface area contributed by atoms with Gasteiger partial charge in [0.25, 0.3) is 0 Å². The first-order valence-electron chi connectivity index (χ1n) is 1.68. The Morgan fingerprint density at radius 3 is 2.50 bits per heavy atom. The van der Waals surface area contributed by atoms with Crippen LogP contribution in [0.15, 0.2) is 0 Å². The summed E-state index contributed by atoms with van der Waals surface area (Å²) in [5, 5.41) is 7.99. The second-order valence-electron chi connectivity index (χ2n) is 0.712. The number of hydrogen-bond donors (Lipinski definition) is 1. The average Bonchev–Trinajstić information content (AvgIpc) is 1.61. The molecule has 0 aliphatic rings. The van der Waals surface area contributed by atoms with E-state index in [1.54, 1.807) is 0 Å². The van der Waals surface area contributed by atoms with Crippen molar-refractivity contribution in [1.29, 1.82) is 0 Å². The Morgan fingerprint density at radius 2 is 2.33 bits per heavy atom. The minimum Gasteiger partial charge on any atom is -0.394 e. The minimum absolute atomic E-state index is 0.00778. The second kappa shape index (κ2) is 4.94. The van der Waals surface area contributed by atoms with Crippen molar-refractivity contribution in [1.82, 2.24) is 0 Å². The topological polar surface area (TPSA) is 38.7 Å². The Labute approximate surface area is 37.2 Å². The molecule has 0 aliphatic heterocycles. The zero-order valence-electron chi connectivity index (χ0n) is 3.68. The molecule has 0 amide bonds. The predicted molar refractivity (Wildman–Crippen MR) is 22.7 cm³/mol. The predicted octanol–water partition coefficient (Wildman–Crippen LogP) is -1.53. The Balaban J connectivity index is 2.34. The number of rotatable bonds is 3. The Morgan fingerprint density at radius 1 is 1.67 bits per heavy atom. The summed E-state index contributed by atoms with van der Waals surface area (Å²) in [6.45, 7) is 0.254. The molecule has 3 nitrogen and oxygen atoms in total. The lowest BCUT2D eigenvalue weighted by Crippen LogP contribution is -1.96. The minimum atomic E-state index is 0.00778. The lowest BCUT2D eigenvalue weighted by molar-refractivity contribution is -0.209. The molecule has 0 saturated carbocycles. The van der Waals surface area contributed by atoms with Crippen LogP contribution in [0.2, 0.25) is 0 Å². The normalized spacial score (nSPS) is 8.83. The molecule has 6 heavy (non-hydrogen) atoms. The van der Waals surface area contributed by atoms with Crippen LogP contribution in [0.5, 0.6) is 0 Å². The van der Waals surface area contributed by atoms with Gasteiger partial charge in [-0.25, -0.2) is 0 Å². The van der Waals surface area contributed by atoms with Gasteiger partial charge in [-0.3, -0.25) is 4.89 Å². The highest BCUT2D eigenvalue weighted by Crippen LogP contribution is 1.65. The smallest absolute Gasteiger partial charge is 0.306 e. The molecule has 4 heteroatoms. The third-order valence-corrected chi connectivity index (χ3v) is 0.292. The summed E-state index contributed by atoms with van der Waals surface area (Å²) in [6.07, 6.45) is 0. The summed E-state index contributed by atoms with van der Waals surface area (Å²) in [6, 6.07) is 0. The van der Waals surface area contributed by atoms with Crippen LogP contribution >= 0.6 is 0 Å². The van der Waals surface area contributed by atoms with Gasteiger partial charge in [-0.05, 0) is 0 Å². The number of aliphatic hydroxyl groups is 1. The van der Waals surface area contributed by atoms with E-state index < -0.39 is 0 Å². The van der Waals surface area contributed by atoms with Crippen LogP contribution in [0.3, 0.4) is 0 Å². The molecule has 0 bridgehead atoms. The molecule has 0 heterocycles. The van der Waals surface area contributed by atoms with Crippen molar-refractivity contribution in [2.24, 2.45) is 0 Å². The first-order valence-corrected chi connectivity index (χ1v) is 1.68. The van der Waals surface area contributed by atoms with Crippen molar-refractivity contribution in [3.05, 3.63) is 0 Å². The Kier molecular flexibility index (Phi) is 4.90. The molecule has 0 fully saturated rings. The zero-order valence-corrected chi connectivity index (χ0v) is 3.68. The van der Waals surface area contributed by atoms with E-state index in [0.717, 1.165) is 0 Å². The highest BCUT2D eigenvalue weighted by molar-refractivity contribution is 5.97.